The number of fused-ring (bicyclic) bond motifs is 10. The average Bonchev–Trinajstić information content (AvgIpc) is 3.62. The van der Waals surface area contributed by atoms with Crippen LogP contribution in [0.1, 0.15) is 18.1 Å². The van der Waals surface area contributed by atoms with Crippen LogP contribution in [0.25, 0.3) is 65.8 Å². The monoisotopic (exact) mass is 551 g/mol. The van der Waals surface area contributed by atoms with E-state index in [0.29, 0.717) is 0 Å². The molecule has 0 aliphatic carbocycles. The SMILES string of the molecule is C=C(N=C(/C(=C\C)n1c2ccccc2c2c3c4ccccc4[nH]c3c3ccccc3c21)c1ccccc1)c1ccccc1. The first-order chi connectivity index (χ1) is 21.2. The van der Waals surface area contributed by atoms with Gasteiger partial charge in [-0.3, -0.25) is 0 Å². The average molecular weight is 552 g/mol. The first-order valence-corrected chi connectivity index (χ1v) is 14.6. The molecule has 1 N–H and O–H groups in total. The molecule has 0 aliphatic heterocycles. The Kier molecular flexibility index (Phi) is 5.83. The number of allylic oxidation sites excluding steroid dienone is 2. The molecule has 204 valence electrons. The van der Waals surface area contributed by atoms with Gasteiger partial charge in [0.15, 0.2) is 0 Å². The van der Waals surface area contributed by atoms with Gasteiger partial charge in [-0.2, -0.15) is 0 Å². The Bertz CT molecular complexity index is 2400. The van der Waals surface area contributed by atoms with Gasteiger partial charge in [-0.15, -0.1) is 0 Å². The summed E-state index contributed by atoms with van der Waals surface area (Å²) >= 11 is 0. The van der Waals surface area contributed by atoms with Crippen molar-refractivity contribution in [2.75, 3.05) is 0 Å². The van der Waals surface area contributed by atoms with Gasteiger partial charge in [0.2, 0.25) is 0 Å². The van der Waals surface area contributed by atoms with Crippen molar-refractivity contribution < 1.29 is 0 Å². The van der Waals surface area contributed by atoms with E-state index in [-0.39, 0.29) is 0 Å². The standard InChI is InChI=1S/C40H29N3/c1-3-34(38(28-18-8-5-9-19-28)41-26(2)27-16-6-4-7-17-27)43-35-25-15-13-23-32(35)37-36-31-22-12-14-24-33(31)42-39(36)29-20-10-11-21-30(29)40(37)43/h3-25,42H,2H2,1H3/b34-3+,41-38?. The summed E-state index contributed by atoms with van der Waals surface area (Å²) in [6, 6.07) is 46.7. The van der Waals surface area contributed by atoms with Crippen molar-refractivity contribution in [2.45, 2.75) is 6.92 Å². The molecule has 0 spiro atoms. The van der Waals surface area contributed by atoms with Crippen LogP contribution in [0.3, 0.4) is 0 Å². The quantitative estimate of drug-likeness (QED) is 0.206. The molecule has 0 bridgehead atoms. The molecule has 0 aliphatic rings. The van der Waals surface area contributed by atoms with Gasteiger partial charge >= 0.3 is 0 Å². The number of aromatic nitrogens is 2. The van der Waals surface area contributed by atoms with Crippen LogP contribution in [0.15, 0.2) is 151 Å². The summed E-state index contributed by atoms with van der Waals surface area (Å²) in [6.45, 7) is 6.51. The lowest BCUT2D eigenvalue weighted by atomic mass is 9.99. The number of hydrogen-bond donors (Lipinski definition) is 1. The predicted octanol–water partition coefficient (Wildman–Crippen LogP) is 10.6. The van der Waals surface area contributed by atoms with Gasteiger partial charge in [-0.1, -0.05) is 134 Å². The number of aromatic amines is 1. The Hall–Kier alpha value is -5.67. The Balaban J connectivity index is 1.54. The zero-order valence-electron chi connectivity index (χ0n) is 23.9. The highest BCUT2D eigenvalue weighted by molar-refractivity contribution is 6.39. The number of nitrogens with one attached hydrogen (secondary N) is 1. The maximum Gasteiger partial charge on any atom is 0.0946 e. The largest absolute Gasteiger partial charge is 0.354 e. The number of aliphatic imine (C=N–C) groups is 1. The lowest BCUT2D eigenvalue weighted by molar-refractivity contribution is 1.25. The van der Waals surface area contributed by atoms with Gasteiger partial charge < -0.3 is 9.55 Å². The number of para-hydroxylation sites is 2. The smallest absolute Gasteiger partial charge is 0.0946 e. The Morgan fingerprint density at radius 1 is 0.628 bits per heavy atom. The van der Waals surface area contributed by atoms with E-state index in [1.807, 2.05) is 24.3 Å². The second-order valence-electron chi connectivity index (χ2n) is 10.9. The first-order valence-electron chi connectivity index (χ1n) is 14.6. The molecule has 0 atom stereocenters. The fourth-order valence-corrected chi connectivity index (χ4v) is 6.58. The van der Waals surface area contributed by atoms with Crippen molar-refractivity contribution in [1.82, 2.24) is 9.55 Å². The van der Waals surface area contributed by atoms with Crippen LogP contribution >= 0.6 is 0 Å². The van der Waals surface area contributed by atoms with Crippen LogP contribution in [-0.4, -0.2) is 15.3 Å². The van der Waals surface area contributed by atoms with E-state index in [1.54, 1.807) is 0 Å². The molecule has 43 heavy (non-hydrogen) atoms. The Morgan fingerprint density at radius 3 is 1.93 bits per heavy atom. The maximum atomic E-state index is 5.27. The van der Waals surface area contributed by atoms with Crippen LogP contribution < -0.4 is 0 Å². The molecule has 2 heterocycles. The minimum atomic E-state index is 0.725. The normalized spacial score (nSPS) is 12.7. The maximum absolute atomic E-state index is 5.27. The third kappa shape index (κ3) is 3.86. The van der Waals surface area contributed by atoms with Crippen molar-refractivity contribution >= 4 is 71.5 Å². The highest BCUT2D eigenvalue weighted by Gasteiger charge is 2.24. The van der Waals surface area contributed by atoms with Crippen molar-refractivity contribution in [3.8, 4) is 0 Å². The fraction of sp³-hybridized carbons (Fsp3) is 0.0250. The van der Waals surface area contributed by atoms with E-state index in [4.69, 9.17) is 4.99 Å². The molecule has 0 unspecified atom stereocenters. The van der Waals surface area contributed by atoms with E-state index < -0.39 is 0 Å². The predicted molar refractivity (Wildman–Crippen MR) is 185 cm³/mol. The molecule has 0 radical (unpaired) electrons. The summed E-state index contributed by atoms with van der Waals surface area (Å²) in [5.74, 6) is 0. The van der Waals surface area contributed by atoms with Crippen LogP contribution in [-0.2, 0) is 0 Å². The number of hydrogen-bond acceptors (Lipinski definition) is 1. The molecule has 8 rings (SSSR count). The second kappa shape index (κ2) is 10.0. The second-order valence-corrected chi connectivity index (χ2v) is 10.9. The van der Waals surface area contributed by atoms with Gasteiger partial charge in [0.05, 0.1) is 33.7 Å². The van der Waals surface area contributed by atoms with E-state index in [1.165, 1.54) is 43.4 Å². The van der Waals surface area contributed by atoms with Crippen molar-refractivity contribution in [2.24, 2.45) is 4.99 Å². The number of H-pyrrole nitrogens is 1. The first kappa shape index (κ1) is 25.1. The van der Waals surface area contributed by atoms with Gasteiger partial charge in [-0.25, -0.2) is 4.99 Å². The summed E-state index contributed by atoms with van der Waals surface area (Å²) in [5, 5.41) is 7.34. The summed E-state index contributed by atoms with van der Waals surface area (Å²) in [7, 11) is 0. The lowest BCUT2D eigenvalue weighted by Crippen LogP contribution is -2.11. The van der Waals surface area contributed by atoms with Gasteiger partial charge in [0, 0.05) is 43.4 Å². The highest BCUT2D eigenvalue weighted by Crippen LogP contribution is 2.45. The third-order valence-corrected chi connectivity index (χ3v) is 8.44. The van der Waals surface area contributed by atoms with Gasteiger partial charge in [0.25, 0.3) is 0 Å². The molecule has 3 heteroatoms. The van der Waals surface area contributed by atoms with Crippen molar-refractivity contribution in [3.05, 3.63) is 157 Å². The molecule has 3 nitrogen and oxygen atoms in total. The van der Waals surface area contributed by atoms with Crippen LogP contribution in [0.5, 0.6) is 0 Å². The summed E-state index contributed by atoms with van der Waals surface area (Å²) in [4.78, 5) is 9.03. The Labute approximate surface area is 249 Å². The van der Waals surface area contributed by atoms with Gasteiger partial charge in [0.1, 0.15) is 0 Å². The number of nitrogens with zero attached hydrogens (tertiary/aromatic N) is 2. The minimum absolute atomic E-state index is 0.725. The van der Waals surface area contributed by atoms with E-state index >= 15 is 0 Å². The zero-order valence-corrected chi connectivity index (χ0v) is 23.9. The van der Waals surface area contributed by atoms with E-state index in [9.17, 15) is 0 Å². The lowest BCUT2D eigenvalue weighted by Gasteiger charge is -2.17. The van der Waals surface area contributed by atoms with Crippen molar-refractivity contribution in [3.63, 3.8) is 0 Å². The molecule has 2 aromatic heterocycles. The summed E-state index contributed by atoms with van der Waals surface area (Å²) in [5.41, 5.74) is 9.28. The molecular weight excluding hydrogens is 522 g/mol. The topological polar surface area (TPSA) is 33.1 Å². The fourth-order valence-electron chi connectivity index (χ4n) is 6.58. The highest BCUT2D eigenvalue weighted by atomic mass is 15.0. The molecular formula is C40H29N3. The van der Waals surface area contributed by atoms with Crippen LogP contribution in [0.2, 0.25) is 0 Å². The number of rotatable bonds is 5. The number of benzene rings is 6. The Morgan fingerprint density at radius 2 is 1.21 bits per heavy atom. The van der Waals surface area contributed by atoms with E-state index in [2.05, 4.69) is 138 Å². The van der Waals surface area contributed by atoms with Crippen molar-refractivity contribution in [1.29, 1.82) is 0 Å². The van der Waals surface area contributed by atoms with Gasteiger partial charge in [-0.05, 0) is 24.6 Å². The van der Waals surface area contributed by atoms with E-state index in [0.717, 1.165) is 39.3 Å². The summed E-state index contributed by atoms with van der Waals surface area (Å²) in [6.07, 6.45) is 2.18. The molecule has 0 saturated heterocycles. The summed E-state index contributed by atoms with van der Waals surface area (Å²) < 4.78 is 2.42. The van der Waals surface area contributed by atoms with Crippen LogP contribution in [0.4, 0.5) is 0 Å². The zero-order chi connectivity index (χ0) is 28.9. The minimum Gasteiger partial charge on any atom is -0.354 e. The van der Waals surface area contributed by atoms with Crippen LogP contribution in [0, 0.1) is 0 Å². The molecule has 6 aromatic carbocycles. The molecule has 0 saturated carbocycles. The molecule has 0 fully saturated rings. The third-order valence-electron chi connectivity index (χ3n) is 8.44. The molecule has 0 amide bonds. The molecule has 8 aromatic rings.